The van der Waals surface area contributed by atoms with Gasteiger partial charge in [0.2, 0.25) is 5.91 Å². The fraction of sp³-hybridized carbons (Fsp3) is 0.250. The van der Waals surface area contributed by atoms with E-state index in [0.29, 0.717) is 17.7 Å². The Labute approximate surface area is 184 Å². The van der Waals surface area contributed by atoms with Crippen LogP contribution in [0.25, 0.3) is 0 Å². The lowest BCUT2D eigenvalue weighted by Gasteiger charge is -2.23. The fourth-order valence-electron chi connectivity index (χ4n) is 4.40. The summed E-state index contributed by atoms with van der Waals surface area (Å²) >= 11 is 0. The second-order valence-corrected chi connectivity index (χ2v) is 8.18. The molecule has 1 fully saturated rings. The lowest BCUT2D eigenvalue weighted by atomic mass is 9.82. The molecule has 2 aromatic carbocycles. The number of fused-ring (bicyclic) bond motifs is 2. The summed E-state index contributed by atoms with van der Waals surface area (Å²) in [6.07, 6.45) is 4.36. The van der Waals surface area contributed by atoms with Crippen molar-refractivity contribution in [3.63, 3.8) is 0 Å². The van der Waals surface area contributed by atoms with Gasteiger partial charge < -0.3 is 10.4 Å². The molecule has 164 valence electrons. The molecule has 0 heterocycles. The van der Waals surface area contributed by atoms with Gasteiger partial charge in [0.1, 0.15) is 0 Å². The van der Waals surface area contributed by atoms with Gasteiger partial charge >= 0.3 is 5.97 Å². The van der Waals surface area contributed by atoms with Crippen molar-refractivity contribution in [2.24, 2.45) is 23.7 Å². The van der Waals surface area contributed by atoms with Gasteiger partial charge in [-0.25, -0.2) is 0 Å². The number of carboxylic acid groups (broad SMARTS) is 1. The average molecular weight is 433 g/mol. The largest absolute Gasteiger partial charge is 0.481 e. The van der Waals surface area contributed by atoms with Gasteiger partial charge in [0.25, 0.3) is 11.8 Å². The van der Waals surface area contributed by atoms with E-state index < -0.39 is 29.6 Å². The Balaban J connectivity index is 1.32. The summed E-state index contributed by atoms with van der Waals surface area (Å²) in [6, 6.07) is 13.4. The van der Waals surface area contributed by atoms with Crippen molar-refractivity contribution >= 4 is 29.4 Å². The van der Waals surface area contributed by atoms with E-state index in [1.807, 2.05) is 31.2 Å². The topological polar surface area (TPSA) is 125 Å². The number of rotatable bonds is 5. The number of carboxylic acids is 1. The first-order valence-corrected chi connectivity index (χ1v) is 10.3. The van der Waals surface area contributed by atoms with Crippen molar-refractivity contribution < 1.29 is 24.3 Å². The minimum atomic E-state index is -1.00. The number of allylic oxidation sites excluding steroid dienone is 2. The maximum atomic E-state index is 12.5. The number of carbonyl (C=O) groups excluding carboxylic acids is 3. The Kier molecular flexibility index (Phi) is 5.77. The molecule has 0 aliphatic heterocycles. The molecule has 2 aromatic rings. The summed E-state index contributed by atoms with van der Waals surface area (Å²) in [7, 11) is 0. The normalized spacial score (nSPS) is 22.9. The number of aryl methyl sites for hydroxylation is 1. The maximum absolute atomic E-state index is 12.5. The average Bonchev–Trinajstić information content (AvgIpc) is 3.40. The van der Waals surface area contributed by atoms with Crippen LogP contribution in [0.4, 0.5) is 5.69 Å². The molecule has 2 aliphatic rings. The molecule has 8 nitrogen and oxygen atoms in total. The molecule has 0 spiro atoms. The summed E-state index contributed by atoms with van der Waals surface area (Å²) in [4.78, 5) is 48.8. The molecule has 0 aromatic heterocycles. The van der Waals surface area contributed by atoms with E-state index in [4.69, 9.17) is 0 Å². The van der Waals surface area contributed by atoms with Crippen LogP contribution in [0.2, 0.25) is 0 Å². The van der Waals surface area contributed by atoms with E-state index in [0.717, 1.165) is 5.56 Å². The molecule has 0 unspecified atom stereocenters. The van der Waals surface area contributed by atoms with Crippen LogP contribution in [0.1, 0.15) is 32.7 Å². The lowest BCUT2D eigenvalue weighted by Crippen LogP contribution is -2.48. The van der Waals surface area contributed by atoms with E-state index in [9.17, 15) is 24.3 Å². The van der Waals surface area contributed by atoms with Crippen molar-refractivity contribution in [3.05, 3.63) is 77.4 Å². The van der Waals surface area contributed by atoms with Gasteiger partial charge in [-0.1, -0.05) is 29.8 Å². The molecule has 3 amide bonds. The van der Waals surface area contributed by atoms with E-state index in [1.54, 1.807) is 24.3 Å². The van der Waals surface area contributed by atoms with Crippen LogP contribution in [-0.2, 0) is 9.59 Å². The van der Waals surface area contributed by atoms with E-state index in [-0.39, 0.29) is 23.3 Å². The molecule has 1 saturated carbocycles. The highest BCUT2D eigenvalue weighted by atomic mass is 16.4. The molecule has 0 saturated heterocycles. The Morgan fingerprint density at radius 2 is 1.34 bits per heavy atom. The highest BCUT2D eigenvalue weighted by Gasteiger charge is 2.51. The van der Waals surface area contributed by atoms with E-state index in [2.05, 4.69) is 16.2 Å². The smallest absolute Gasteiger partial charge is 0.307 e. The number of benzene rings is 2. The van der Waals surface area contributed by atoms with Crippen LogP contribution < -0.4 is 16.2 Å². The van der Waals surface area contributed by atoms with Gasteiger partial charge in [-0.15, -0.1) is 0 Å². The molecular weight excluding hydrogens is 410 g/mol. The number of hydrogen-bond donors (Lipinski definition) is 4. The van der Waals surface area contributed by atoms with Crippen molar-refractivity contribution in [1.82, 2.24) is 10.9 Å². The number of hydrazine groups is 1. The Morgan fingerprint density at radius 1 is 0.781 bits per heavy atom. The van der Waals surface area contributed by atoms with Crippen LogP contribution in [0.5, 0.6) is 0 Å². The third-order valence-electron chi connectivity index (χ3n) is 6.07. The fourth-order valence-corrected chi connectivity index (χ4v) is 4.40. The van der Waals surface area contributed by atoms with Crippen LogP contribution >= 0.6 is 0 Å². The number of amides is 3. The van der Waals surface area contributed by atoms with Gasteiger partial charge in [0.15, 0.2) is 0 Å². The van der Waals surface area contributed by atoms with E-state index >= 15 is 0 Å². The maximum Gasteiger partial charge on any atom is 0.307 e. The Hall–Kier alpha value is -3.94. The van der Waals surface area contributed by atoms with Gasteiger partial charge in [0.05, 0.1) is 11.8 Å². The number of aliphatic carboxylic acids is 1. The molecule has 4 atom stereocenters. The third-order valence-corrected chi connectivity index (χ3v) is 6.07. The Morgan fingerprint density at radius 3 is 1.97 bits per heavy atom. The number of carbonyl (C=O) groups is 4. The summed E-state index contributed by atoms with van der Waals surface area (Å²) in [5, 5.41) is 12.2. The molecule has 4 N–H and O–H groups in total. The highest BCUT2D eigenvalue weighted by molar-refractivity contribution is 6.04. The zero-order valence-electron chi connectivity index (χ0n) is 17.4. The minimum absolute atomic E-state index is 0.130. The second kappa shape index (κ2) is 8.66. The predicted octanol–water partition coefficient (Wildman–Crippen LogP) is 2.53. The predicted molar refractivity (Wildman–Crippen MR) is 117 cm³/mol. The van der Waals surface area contributed by atoms with Gasteiger partial charge in [-0.2, -0.15) is 0 Å². The number of nitrogens with one attached hydrogen (secondary N) is 3. The van der Waals surface area contributed by atoms with Crippen LogP contribution in [0, 0.1) is 30.6 Å². The van der Waals surface area contributed by atoms with Crippen molar-refractivity contribution in [1.29, 1.82) is 0 Å². The van der Waals surface area contributed by atoms with Gasteiger partial charge in [0, 0.05) is 16.8 Å². The van der Waals surface area contributed by atoms with E-state index in [1.165, 1.54) is 12.1 Å². The molecular formula is C24H23N3O5. The summed E-state index contributed by atoms with van der Waals surface area (Å²) in [5.74, 6) is -4.08. The summed E-state index contributed by atoms with van der Waals surface area (Å²) in [6.45, 7) is 1.94. The summed E-state index contributed by atoms with van der Waals surface area (Å²) < 4.78 is 0. The molecule has 2 bridgehead atoms. The highest BCUT2D eigenvalue weighted by Crippen LogP contribution is 2.48. The lowest BCUT2D eigenvalue weighted by molar-refractivity contribution is -0.148. The monoisotopic (exact) mass is 433 g/mol. The molecule has 32 heavy (non-hydrogen) atoms. The summed E-state index contributed by atoms with van der Waals surface area (Å²) in [5.41, 5.74) is 7.08. The van der Waals surface area contributed by atoms with Crippen molar-refractivity contribution in [2.45, 2.75) is 13.3 Å². The molecule has 2 aliphatic carbocycles. The molecule has 4 rings (SSSR count). The third kappa shape index (κ3) is 4.25. The van der Waals surface area contributed by atoms with Crippen LogP contribution in [-0.4, -0.2) is 28.8 Å². The van der Waals surface area contributed by atoms with Gasteiger partial charge in [-0.05, 0) is 61.6 Å². The first-order chi connectivity index (χ1) is 15.3. The Bertz CT molecular complexity index is 1090. The minimum Gasteiger partial charge on any atom is -0.481 e. The molecule has 0 radical (unpaired) electrons. The van der Waals surface area contributed by atoms with Crippen LogP contribution in [0.3, 0.4) is 0 Å². The number of anilines is 1. The SMILES string of the molecule is Cc1ccc(C(=O)Nc2ccc(C(=O)NNC(=O)[C@@H]3[C@H](C(=O)O)[C@H]4C=C[C@H]3C4)cc2)cc1. The molecule has 8 heteroatoms. The van der Waals surface area contributed by atoms with Gasteiger partial charge in [-0.3, -0.25) is 30.0 Å². The zero-order chi connectivity index (χ0) is 22.8. The first kappa shape index (κ1) is 21.3. The van der Waals surface area contributed by atoms with Crippen molar-refractivity contribution in [2.75, 3.05) is 5.32 Å². The standard InChI is InChI=1S/C24H23N3O5/c1-13-2-4-14(5-3-13)21(28)25-18-10-8-15(9-11-18)22(29)26-27-23(30)19-16-6-7-17(12-16)20(19)24(31)32/h2-11,16-17,19-20H,12H2,1H3,(H,25,28)(H,26,29)(H,27,30)(H,31,32)/t16-,17-,19-,20+/m0/s1. The second-order valence-electron chi connectivity index (χ2n) is 8.18. The number of hydrogen-bond acceptors (Lipinski definition) is 4. The quantitative estimate of drug-likeness (QED) is 0.426. The van der Waals surface area contributed by atoms with Crippen LogP contribution in [0.15, 0.2) is 60.7 Å². The first-order valence-electron chi connectivity index (χ1n) is 10.3. The zero-order valence-corrected chi connectivity index (χ0v) is 17.4. The van der Waals surface area contributed by atoms with Crippen molar-refractivity contribution in [3.8, 4) is 0 Å².